The van der Waals surface area contributed by atoms with Gasteiger partial charge in [-0.15, -0.1) is 0 Å². The van der Waals surface area contributed by atoms with Crippen molar-refractivity contribution in [2.75, 3.05) is 5.32 Å². The number of nitrogens with zero attached hydrogens (tertiary/aromatic N) is 1. The molecule has 2 aromatic carbocycles. The fourth-order valence-corrected chi connectivity index (χ4v) is 2.99. The van der Waals surface area contributed by atoms with Gasteiger partial charge in [-0.25, -0.2) is 4.39 Å². The molecule has 0 atom stereocenters. The molecule has 5 nitrogen and oxygen atoms in total. The Morgan fingerprint density at radius 2 is 1.96 bits per heavy atom. The molecule has 0 heterocycles. The van der Waals surface area contributed by atoms with Gasteiger partial charge >= 0.3 is 5.97 Å². The number of aliphatic carboxylic acids is 1. The summed E-state index contributed by atoms with van der Waals surface area (Å²) >= 11 is 0. The highest BCUT2D eigenvalue weighted by Crippen LogP contribution is 2.44. The second kappa shape index (κ2) is 6.36. The third-order valence-corrected chi connectivity index (χ3v) is 4.64. The molecule has 1 aliphatic carbocycles. The van der Waals surface area contributed by atoms with Crippen molar-refractivity contribution in [3.05, 3.63) is 65.0 Å². The smallest absolute Gasteiger partial charge is 0.314 e. The maximum atomic E-state index is 14.4. The molecule has 0 radical (unpaired) electrons. The summed E-state index contributed by atoms with van der Waals surface area (Å²) in [6.45, 7) is 0. The van der Waals surface area contributed by atoms with Crippen molar-refractivity contribution < 1.29 is 19.1 Å². The lowest BCUT2D eigenvalue weighted by atomic mass is 9.64. The Balaban J connectivity index is 1.83. The van der Waals surface area contributed by atoms with Crippen LogP contribution in [0, 0.1) is 17.1 Å². The van der Waals surface area contributed by atoms with E-state index in [9.17, 15) is 19.1 Å². The SMILES string of the molecule is N#Cc1cccc(C(=O)Nc2ccc(C3(C(=O)O)CCC3)cc2F)c1. The normalized spacial score (nSPS) is 14.9. The number of nitrogens with one attached hydrogen (secondary N) is 1. The molecule has 2 N–H and O–H groups in total. The summed E-state index contributed by atoms with van der Waals surface area (Å²) in [5, 5.41) is 20.7. The van der Waals surface area contributed by atoms with Gasteiger partial charge in [-0.1, -0.05) is 18.6 Å². The van der Waals surface area contributed by atoms with Gasteiger partial charge in [0.1, 0.15) is 5.82 Å². The molecule has 1 amide bonds. The van der Waals surface area contributed by atoms with Gasteiger partial charge in [-0.05, 0) is 48.7 Å². The van der Waals surface area contributed by atoms with Crippen molar-refractivity contribution in [1.82, 2.24) is 0 Å². The molecular weight excluding hydrogens is 323 g/mol. The monoisotopic (exact) mass is 338 g/mol. The standard InChI is InChI=1S/C19H15FN2O3/c20-15-10-14(19(18(24)25)7-2-8-19)5-6-16(15)22-17(23)13-4-1-3-12(9-13)11-21/h1,3-6,9-10H,2,7-8H2,(H,22,23)(H,24,25). The van der Waals surface area contributed by atoms with Crippen LogP contribution in [0.2, 0.25) is 0 Å². The fraction of sp³-hybridized carbons (Fsp3) is 0.211. The van der Waals surface area contributed by atoms with Crippen molar-refractivity contribution in [3.8, 4) is 6.07 Å². The lowest BCUT2D eigenvalue weighted by Gasteiger charge is -2.38. The third-order valence-electron chi connectivity index (χ3n) is 4.64. The molecule has 0 saturated heterocycles. The van der Waals surface area contributed by atoms with E-state index >= 15 is 0 Å². The van der Waals surface area contributed by atoms with E-state index in [2.05, 4.69) is 5.32 Å². The number of carbonyl (C=O) groups is 2. The Labute approximate surface area is 143 Å². The molecule has 1 aliphatic rings. The average molecular weight is 338 g/mol. The second-order valence-electron chi connectivity index (χ2n) is 6.08. The number of halogens is 1. The number of nitriles is 1. The molecule has 1 fully saturated rings. The minimum Gasteiger partial charge on any atom is -0.481 e. The van der Waals surface area contributed by atoms with Gasteiger partial charge in [0, 0.05) is 5.56 Å². The maximum Gasteiger partial charge on any atom is 0.314 e. The summed E-state index contributed by atoms with van der Waals surface area (Å²) in [5.74, 6) is -2.18. The second-order valence-corrected chi connectivity index (χ2v) is 6.08. The van der Waals surface area contributed by atoms with E-state index in [0.717, 1.165) is 6.42 Å². The molecule has 6 heteroatoms. The summed E-state index contributed by atoms with van der Waals surface area (Å²) in [6.07, 6.45) is 1.75. The van der Waals surface area contributed by atoms with E-state index < -0.39 is 23.1 Å². The third kappa shape index (κ3) is 2.96. The van der Waals surface area contributed by atoms with Crippen LogP contribution in [-0.2, 0) is 10.2 Å². The number of benzene rings is 2. The number of rotatable bonds is 4. The Hall–Kier alpha value is -3.20. The van der Waals surface area contributed by atoms with E-state index in [4.69, 9.17) is 5.26 Å². The largest absolute Gasteiger partial charge is 0.481 e. The Morgan fingerprint density at radius 1 is 1.20 bits per heavy atom. The molecule has 0 spiro atoms. The highest BCUT2D eigenvalue weighted by Gasteiger charge is 2.46. The average Bonchev–Trinajstić information content (AvgIpc) is 2.55. The molecule has 0 bridgehead atoms. The molecule has 2 aromatic rings. The molecule has 0 aliphatic heterocycles. The zero-order valence-corrected chi connectivity index (χ0v) is 13.3. The van der Waals surface area contributed by atoms with Crippen molar-refractivity contribution >= 4 is 17.6 Å². The van der Waals surface area contributed by atoms with Gasteiger partial charge in [-0.2, -0.15) is 5.26 Å². The number of hydrogen-bond acceptors (Lipinski definition) is 3. The van der Waals surface area contributed by atoms with Gasteiger partial charge in [-0.3, -0.25) is 9.59 Å². The lowest BCUT2D eigenvalue weighted by Crippen LogP contribution is -2.42. The number of carbonyl (C=O) groups excluding carboxylic acids is 1. The quantitative estimate of drug-likeness (QED) is 0.893. The Bertz CT molecular complexity index is 898. The Kier molecular flexibility index (Phi) is 4.24. The summed E-state index contributed by atoms with van der Waals surface area (Å²) in [4.78, 5) is 23.7. The van der Waals surface area contributed by atoms with Crippen LogP contribution in [0.4, 0.5) is 10.1 Å². The van der Waals surface area contributed by atoms with Crippen LogP contribution in [0.3, 0.4) is 0 Å². The van der Waals surface area contributed by atoms with E-state index in [0.29, 0.717) is 24.0 Å². The Morgan fingerprint density at radius 3 is 2.52 bits per heavy atom. The van der Waals surface area contributed by atoms with Crippen LogP contribution in [0.15, 0.2) is 42.5 Å². The highest BCUT2D eigenvalue weighted by atomic mass is 19.1. The summed E-state index contributed by atoms with van der Waals surface area (Å²) in [5.41, 5.74) is -0.0746. The first-order valence-corrected chi connectivity index (χ1v) is 7.81. The molecular formula is C19H15FN2O3. The summed E-state index contributed by atoms with van der Waals surface area (Å²) < 4.78 is 14.4. The van der Waals surface area contributed by atoms with Crippen molar-refractivity contribution in [2.24, 2.45) is 0 Å². The maximum absolute atomic E-state index is 14.4. The first kappa shape index (κ1) is 16.7. The zero-order chi connectivity index (χ0) is 18.0. The summed E-state index contributed by atoms with van der Waals surface area (Å²) in [7, 11) is 0. The van der Waals surface area contributed by atoms with E-state index in [1.165, 1.54) is 30.3 Å². The minimum absolute atomic E-state index is 0.0315. The van der Waals surface area contributed by atoms with Gasteiger partial charge in [0.25, 0.3) is 5.91 Å². The predicted molar refractivity (Wildman–Crippen MR) is 88.7 cm³/mol. The van der Waals surface area contributed by atoms with Gasteiger partial charge in [0.15, 0.2) is 0 Å². The topological polar surface area (TPSA) is 90.2 Å². The predicted octanol–water partition coefficient (Wildman–Crippen LogP) is 3.46. The number of carboxylic acids is 1. The molecule has 0 aromatic heterocycles. The van der Waals surface area contributed by atoms with Crippen LogP contribution < -0.4 is 5.32 Å². The first-order valence-electron chi connectivity index (χ1n) is 7.81. The molecule has 1 saturated carbocycles. The van der Waals surface area contributed by atoms with Crippen LogP contribution >= 0.6 is 0 Å². The number of anilines is 1. The summed E-state index contributed by atoms with van der Waals surface area (Å²) in [6, 6.07) is 12.1. The van der Waals surface area contributed by atoms with E-state index in [1.807, 2.05) is 6.07 Å². The highest BCUT2D eigenvalue weighted by molar-refractivity contribution is 6.04. The fourth-order valence-electron chi connectivity index (χ4n) is 2.99. The van der Waals surface area contributed by atoms with Gasteiger partial charge in [0.2, 0.25) is 0 Å². The lowest BCUT2D eigenvalue weighted by molar-refractivity contribution is -0.147. The van der Waals surface area contributed by atoms with Gasteiger partial charge in [0.05, 0.1) is 22.7 Å². The molecule has 25 heavy (non-hydrogen) atoms. The number of amides is 1. The van der Waals surface area contributed by atoms with Crippen LogP contribution in [0.5, 0.6) is 0 Å². The van der Waals surface area contributed by atoms with Crippen LogP contribution in [0.25, 0.3) is 0 Å². The number of carboxylic acid groups (broad SMARTS) is 1. The van der Waals surface area contributed by atoms with Crippen molar-refractivity contribution in [2.45, 2.75) is 24.7 Å². The first-order chi connectivity index (χ1) is 12.0. The van der Waals surface area contributed by atoms with Crippen molar-refractivity contribution in [1.29, 1.82) is 5.26 Å². The molecule has 3 rings (SSSR count). The zero-order valence-electron chi connectivity index (χ0n) is 13.3. The van der Waals surface area contributed by atoms with Crippen LogP contribution in [0.1, 0.15) is 40.7 Å². The van der Waals surface area contributed by atoms with Gasteiger partial charge < -0.3 is 10.4 Å². The van der Waals surface area contributed by atoms with Crippen LogP contribution in [-0.4, -0.2) is 17.0 Å². The van der Waals surface area contributed by atoms with Crippen molar-refractivity contribution in [3.63, 3.8) is 0 Å². The number of hydrogen-bond donors (Lipinski definition) is 2. The molecule has 0 unspecified atom stereocenters. The minimum atomic E-state index is -1.02. The van der Waals surface area contributed by atoms with E-state index in [-0.39, 0.29) is 11.3 Å². The van der Waals surface area contributed by atoms with E-state index in [1.54, 1.807) is 12.1 Å². The molecule has 126 valence electrons.